The van der Waals surface area contributed by atoms with Crippen LogP contribution in [0.2, 0.25) is 0 Å². The first kappa shape index (κ1) is 23.8. The van der Waals surface area contributed by atoms with Crippen LogP contribution in [-0.2, 0) is 14.3 Å². The summed E-state index contributed by atoms with van der Waals surface area (Å²) < 4.78 is 5.61. The highest BCUT2D eigenvalue weighted by Gasteiger charge is 2.33. The van der Waals surface area contributed by atoms with Crippen molar-refractivity contribution in [1.82, 2.24) is 10.6 Å². The highest BCUT2D eigenvalue weighted by Crippen LogP contribution is 2.44. The molecule has 1 saturated carbocycles. The van der Waals surface area contributed by atoms with Crippen molar-refractivity contribution < 1.29 is 24.2 Å². The second kappa shape index (κ2) is 11.2. The molecule has 34 heavy (non-hydrogen) atoms. The SMILES string of the molecule is O=C(O)CCCCNC(=O)[C@@H]1CCC[C@@H]1CNC(=O)OCC1c2ccccc2-c2ccccc21. The molecule has 0 spiro atoms. The maximum absolute atomic E-state index is 12.6. The molecular formula is C27H32N2O5. The molecule has 7 nitrogen and oxygen atoms in total. The second-order valence-corrected chi connectivity index (χ2v) is 9.15. The van der Waals surface area contributed by atoms with Gasteiger partial charge in [0.15, 0.2) is 0 Å². The zero-order valence-electron chi connectivity index (χ0n) is 19.3. The van der Waals surface area contributed by atoms with E-state index in [2.05, 4.69) is 34.9 Å². The molecule has 3 N–H and O–H groups in total. The van der Waals surface area contributed by atoms with E-state index in [1.165, 1.54) is 22.3 Å². The van der Waals surface area contributed by atoms with Gasteiger partial charge in [-0.25, -0.2) is 4.79 Å². The molecule has 0 unspecified atom stereocenters. The van der Waals surface area contributed by atoms with Crippen molar-refractivity contribution in [3.05, 3.63) is 59.7 Å². The number of carbonyl (C=O) groups excluding carboxylic acids is 2. The first-order chi connectivity index (χ1) is 16.5. The van der Waals surface area contributed by atoms with E-state index in [0.717, 1.165) is 19.3 Å². The lowest BCUT2D eigenvalue weighted by molar-refractivity contribution is -0.137. The molecule has 2 aromatic carbocycles. The van der Waals surface area contributed by atoms with Crippen molar-refractivity contribution in [3.63, 3.8) is 0 Å². The van der Waals surface area contributed by atoms with Gasteiger partial charge in [0.25, 0.3) is 0 Å². The molecular weight excluding hydrogens is 432 g/mol. The summed E-state index contributed by atoms with van der Waals surface area (Å²) in [5, 5.41) is 14.5. The standard InChI is InChI=1S/C27H32N2O5/c30-25(31)14-5-6-15-28-26(32)19-13-7-8-18(19)16-29-27(33)34-17-24-22-11-3-1-9-20(22)21-10-2-4-12-23(21)24/h1-4,9-12,18-19,24H,5-8,13-17H2,(H,28,32)(H,29,33)(H,30,31)/t18-,19-/m1/s1. The molecule has 1 fully saturated rings. The van der Waals surface area contributed by atoms with Gasteiger partial charge in [-0.05, 0) is 53.9 Å². The van der Waals surface area contributed by atoms with Crippen LogP contribution in [-0.4, -0.2) is 42.8 Å². The van der Waals surface area contributed by atoms with Crippen molar-refractivity contribution in [2.45, 2.75) is 44.4 Å². The number of alkyl carbamates (subject to hydrolysis) is 1. The summed E-state index contributed by atoms with van der Waals surface area (Å²) in [6.45, 7) is 1.16. The molecule has 2 aliphatic rings. The molecule has 0 saturated heterocycles. The largest absolute Gasteiger partial charge is 0.481 e. The molecule has 0 aliphatic heterocycles. The minimum absolute atomic E-state index is 0.00726. The number of amides is 2. The predicted octanol–water partition coefficient (Wildman–Crippen LogP) is 4.31. The minimum Gasteiger partial charge on any atom is -0.481 e. The smallest absolute Gasteiger partial charge is 0.407 e. The molecule has 4 rings (SSSR count). The topological polar surface area (TPSA) is 105 Å². The Kier molecular flexibility index (Phi) is 7.83. The quantitative estimate of drug-likeness (QED) is 0.455. The van der Waals surface area contributed by atoms with E-state index in [1.807, 2.05) is 24.3 Å². The fraction of sp³-hybridized carbons (Fsp3) is 0.444. The Morgan fingerprint density at radius 1 is 0.912 bits per heavy atom. The maximum atomic E-state index is 12.6. The number of hydrogen-bond donors (Lipinski definition) is 3. The Hall–Kier alpha value is -3.35. The van der Waals surface area contributed by atoms with E-state index in [1.54, 1.807) is 0 Å². The number of rotatable bonds is 10. The summed E-state index contributed by atoms with van der Waals surface area (Å²) in [6.07, 6.45) is 3.50. The van der Waals surface area contributed by atoms with E-state index in [4.69, 9.17) is 9.84 Å². The second-order valence-electron chi connectivity index (χ2n) is 9.15. The van der Waals surface area contributed by atoms with Crippen LogP contribution in [0, 0.1) is 11.8 Å². The van der Waals surface area contributed by atoms with Crippen LogP contribution in [0.3, 0.4) is 0 Å². The third kappa shape index (κ3) is 5.58. The van der Waals surface area contributed by atoms with Crippen LogP contribution in [0.4, 0.5) is 4.79 Å². The average molecular weight is 465 g/mol. The fourth-order valence-corrected chi connectivity index (χ4v) is 5.23. The molecule has 2 amide bonds. The Morgan fingerprint density at radius 2 is 1.59 bits per heavy atom. The normalized spacial score (nSPS) is 18.7. The summed E-state index contributed by atoms with van der Waals surface area (Å²) in [4.78, 5) is 35.6. The molecule has 0 bridgehead atoms. The lowest BCUT2D eigenvalue weighted by atomic mass is 9.95. The number of nitrogens with one attached hydrogen (secondary N) is 2. The van der Waals surface area contributed by atoms with E-state index in [-0.39, 0.29) is 36.7 Å². The van der Waals surface area contributed by atoms with E-state index in [9.17, 15) is 14.4 Å². The lowest BCUT2D eigenvalue weighted by Crippen LogP contribution is -2.38. The van der Waals surface area contributed by atoms with Gasteiger partial charge in [0.05, 0.1) is 0 Å². The Bertz CT molecular complexity index is 992. The van der Waals surface area contributed by atoms with Crippen molar-refractivity contribution >= 4 is 18.0 Å². The number of carbonyl (C=O) groups is 3. The first-order valence-corrected chi connectivity index (χ1v) is 12.1. The zero-order chi connectivity index (χ0) is 23.9. The van der Waals surface area contributed by atoms with Gasteiger partial charge in [-0.1, -0.05) is 55.0 Å². The van der Waals surface area contributed by atoms with E-state index < -0.39 is 12.1 Å². The van der Waals surface area contributed by atoms with Crippen molar-refractivity contribution in [1.29, 1.82) is 0 Å². The van der Waals surface area contributed by atoms with E-state index >= 15 is 0 Å². The number of unbranched alkanes of at least 4 members (excludes halogenated alkanes) is 1. The van der Waals surface area contributed by atoms with Crippen LogP contribution < -0.4 is 10.6 Å². The molecule has 180 valence electrons. The number of carboxylic acids is 1. The van der Waals surface area contributed by atoms with Crippen LogP contribution >= 0.6 is 0 Å². The van der Waals surface area contributed by atoms with Crippen LogP contribution in [0.25, 0.3) is 11.1 Å². The van der Waals surface area contributed by atoms with Gasteiger partial charge in [0.2, 0.25) is 5.91 Å². The zero-order valence-corrected chi connectivity index (χ0v) is 19.3. The lowest BCUT2D eigenvalue weighted by Gasteiger charge is -2.20. The predicted molar refractivity (Wildman–Crippen MR) is 128 cm³/mol. The molecule has 2 aliphatic carbocycles. The summed E-state index contributed by atoms with van der Waals surface area (Å²) >= 11 is 0. The number of fused-ring (bicyclic) bond motifs is 3. The third-order valence-electron chi connectivity index (χ3n) is 6.96. The molecule has 7 heteroatoms. The molecule has 0 aromatic heterocycles. The Balaban J connectivity index is 1.23. The molecule has 2 atom stereocenters. The Labute approximate surface area is 199 Å². The van der Waals surface area contributed by atoms with Gasteiger partial charge < -0.3 is 20.5 Å². The van der Waals surface area contributed by atoms with Crippen molar-refractivity contribution in [2.24, 2.45) is 11.8 Å². The number of aliphatic carboxylic acids is 1. The summed E-state index contributed by atoms with van der Waals surface area (Å²) in [6, 6.07) is 16.4. The van der Waals surface area contributed by atoms with Crippen LogP contribution in [0.1, 0.15) is 55.6 Å². The van der Waals surface area contributed by atoms with Gasteiger partial charge in [-0.3, -0.25) is 9.59 Å². The molecule has 0 heterocycles. The Morgan fingerprint density at radius 3 is 2.26 bits per heavy atom. The van der Waals surface area contributed by atoms with Gasteiger partial charge in [-0.15, -0.1) is 0 Å². The van der Waals surface area contributed by atoms with Gasteiger partial charge in [0.1, 0.15) is 6.61 Å². The number of carboxylic acid groups (broad SMARTS) is 1. The molecule has 0 radical (unpaired) electrons. The number of benzene rings is 2. The van der Waals surface area contributed by atoms with Crippen molar-refractivity contribution in [3.8, 4) is 11.1 Å². The average Bonchev–Trinajstić information content (AvgIpc) is 3.44. The number of hydrogen-bond acceptors (Lipinski definition) is 4. The van der Waals surface area contributed by atoms with E-state index in [0.29, 0.717) is 25.9 Å². The first-order valence-electron chi connectivity index (χ1n) is 12.1. The van der Waals surface area contributed by atoms with Crippen LogP contribution in [0.15, 0.2) is 48.5 Å². The van der Waals surface area contributed by atoms with Crippen molar-refractivity contribution in [2.75, 3.05) is 19.7 Å². The minimum atomic E-state index is -0.818. The fourth-order valence-electron chi connectivity index (χ4n) is 5.23. The highest BCUT2D eigenvalue weighted by molar-refractivity contribution is 5.80. The maximum Gasteiger partial charge on any atom is 0.407 e. The summed E-state index contributed by atoms with van der Waals surface area (Å²) in [5.41, 5.74) is 4.73. The summed E-state index contributed by atoms with van der Waals surface area (Å²) in [7, 11) is 0. The third-order valence-corrected chi connectivity index (χ3v) is 6.96. The van der Waals surface area contributed by atoms with Gasteiger partial charge >= 0.3 is 12.1 Å². The highest BCUT2D eigenvalue weighted by atomic mass is 16.5. The van der Waals surface area contributed by atoms with Crippen LogP contribution in [0.5, 0.6) is 0 Å². The monoisotopic (exact) mass is 464 g/mol. The number of ether oxygens (including phenoxy) is 1. The van der Waals surface area contributed by atoms with Gasteiger partial charge in [-0.2, -0.15) is 0 Å². The van der Waals surface area contributed by atoms with Gasteiger partial charge in [0, 0.05) is 31.3 Å². The molecule has 2 aromatic rings. The summed E-state index contributed by atoms with van der Waals surface area (Å²) in [5.74, 6) is -0.856.